The van der Waals surface area contributed by atoms with E-state index in [1.165, 1.54) is 0 Å². The molecule has 0 spiro atoms. The molecule has 102 valence electrons. The minimum Gasteiger partial charge on any atom is -0.478 e. The van der Waals surface area contributed by atoms with E-state index >= 15 is 0 Å². The van der Waals surface area contributed by atoms with Crippen molar-refractivity contribution in [3.8, 4) is 0 Å². The summed E-state index contributed by atoms with van der Waals surface area (Å²) in [6.07, 6.45) is 1.04. The summed E-state index contributed by atoms with van der Waals surface area (Å²) in [6, 6.07) is 14.2. The number of carbonyl (C=O) groups excluding carboxylic acids is 1. The van der Waals surface area contributed by atoms with Crippen LogP contribution in [0.2, 0.25) is 0 Å². The van der Waals surface area contributed by atoms with Crippen LogP contribution in [-0.2, 0) is 6.42 Å². The molecule has 1 N–H and O–H groups in total. The molecule has 20 heavy (non-hydrogen) atoms. The number of hydrogen-bond acceptors (Lipinski definition) is 2. The molecule has 3 heteroatoms. The van der Waals surface area contributed by atoms with Crippen molar-refractivity contribution in [2.75, 3.05) is 0 Å². The number of Topliss-reactive ketones (excluding diaryl/α,β-unsaturated/α-hetero) is 1. The van der Waals surface area contributed by atoms with E-state index in [1.807, 2.05) is 31.2 Å². The fourth-order valence-electron chi connectivity index (χ4n) is 1.96. The van der Waals surface area contributed by atoms with Gasteiger partial charge in [0.2, 0.25) is 0 Å². The molecule has 0 aromatic heterocycles. The molecule has 0 heterocycles. The number of benzene rings is 2. The molecule has 0 fully saturated rings. The summed E-state index contributed by atoms with van der Waals surface area (Å²) in [5.74, 6) is -0.834. The van der Waals surface area contributed by atoms with Crippen molar-refractivity contribution in [3.05, 3.63) is 70.8 Å². The van der Waals surface area contributed by atoms with Gasteiger partial charge in [-0.1, -0.05) is 42.0 Å². The molecule has 0 unspecified atom stereocenters. The zero-order valence-corrected chi connectivity index (χ0v) is 11.3. The molecule has 0 atom stereocenters. The minimum atomic E-state index is -0.938. The third kappa shape index (κ3) is 3.54. The molecular weight excluding hydrogens is 252 g/mol. The summed E-state index contributed by atoms with van der Waals surface area (Å²) in [6.45, 7) is 1.98. The van der Waals surface area contributed by atoms with Gasteiger partial charge in [-0.25, -0.2) is 4.79 Å². The molecule has 0 aliphatic carbocycles. The number of rotatable bonds is 5. The van der Waals surface area contributed by atoms with Gasteiger partial charge in [-0.3, -0.25) is 4.79 Å². The van der Waals surface area contributed by atoms with Crippen LogP contribution in [0, 0.1) is 6.92 Å². The Labute approximate surface area is 117 Å². The predicted octanol–water partition coefficient (Wildman–Crippen LogP) is 3.51. The Kier molecular flexibility index (Phi) is 4.31. The largest absolute Gasteiger partial charge is 0.478 e. The first-order valence-electron chi connectivity index (χ1n) is 6.48. The Hall–Kier alpha value is -2.42. The Morgan fingerprint density at radius 2 is 1.45 bits per heavy atom. The van der Waals surface area contributed by atoms with Gasteiger partial charge >= 0.3 is 5.97 Å². The van der Waals surface area contributed by atoms with Crippen LogP contribution in [0.3, 0.4) is 0 Å². The summed E-state index contributed by atoms with van der Waals surface area (Å²) in [5, 5.41) is 8.81. The first-order valence-corrected chi connectivity index (χ1v) is 6.48. The molecule has 2 rings (SSSR count). The van der Waals surface area contributed by atoms with E-state index in [0.29, 0.717) is 12.8 Å². The summed E-state index contributed by atoms with van der Waals surface area (Å²) < 4.78 is 0. The average Bonchev–Trinajstić information content (AvgIpc) is 2.46. The Morgan fingerprint density at radius 3 is 2.00 bits per heavy atom. The second kappa shape index (κ2) is 6.15. The van der Waals surface area contributed by atoms with Crippen molar-refractivity contribution in [2.24, 2.45) is 0 Å². The summed E-state index contributed by atoms with van der Waals surface area (Å²) in [4.78, 5) is 22.7. The molecule has 2 aromatic rings. The van der Waals surface area contributed by atoms with Gasteiger partial charge in [-0.05, 0) is 31.0 Å². The Bertz CT molecular complexity index is 610. The van der Waals surface area contributed by atoms with Gasteiger partial charge in [-0.15, -0.1) is 0 Å². The van der Waals surface area contributed by atoms with Crippen LogP contribution >= 0.6 is 0 Å². The summed E-state index contributed by atoms with van der Waals surface area (Å²) in [5.41, 5.74) is 3.08. The maximum atomic E-state index is 12.0. The van der Waals surface area contributed by atoms with Crippen molar-refractivity contribution in [2.45, 2.75) is 19.8 Å². The lowest BCUT2D eigenvalue weighted by molar-refractivity contribution is 0.0696. The minimum absolute atomic E-state index is 0.104. The molecule has 2 aromatic carbocycles. The van der Waals surface area contributed by atoms with Gasteiger partial charge in [0.25, 0.3) is 0 Å². The lowest BCUT2D eigenvalue weighted by Gasteiger charge is -2.03. The number of carbonyl (C=O) groups is 2. The standard InChI is InChI=1S/C17H16O3/c1-12-2-7-14(8-3-12)16(18)11-6-13-4-9-15(10-5-13)17(19)20/h2-5,7-10H,6,11H2,1H3,(H,19,20). The van der Waals surface area contributed by atoms with Crippen LogP contribution in [0.15, 0.2) is 48.5 Å². The van der Waals surface area contributed by atoms with Crippen LogP contribution in [-0.4, -0.2) is 16.9 Å². The van der Waals surface area contributed by atoms with Gasteiger partial charge in [0.15, 0.2) is 5.78 Å². The first-order chi connectivity index (χ1) is 9.56. The molecule has 0 radical (unpaired) electrons. The Balaban J connectivity index is 1.96. The molecule has 0 saturated carbocycles. The lowest BCUT2D eigenvalue weighted by Crippen LogP contribution is -2.02. The highest BCUT2D eigenvalue weighted by Gasteiger charge is 2.07. The van der Waals surface area contributed by atoms with Crippen LogP contribution in [0.5, 0.6) is 0 Å². The van der Waals surface area contributed by atoms with Crippen LogP contribution < -0.4 is 0 Å². The number of aryl methyl sites for hydroxylation is 2. The quantitative estimate of drug-likeness (QED) is 0.844. The number of hydrogen-bond donors (Lipinski definition) is 1. The van der Waals surface area contributed by atoms with Gasteiger partial charge in [0.05, 0.1) is 5.56 Å². The number of carboxylic acid groups (broad SMARTS) is 1. The SMILES string of the molecule is Cc1ccc(C(=O)CCc2ccc(C(=O)O)cc2)cc1. The van der Waals surface area contributed by atoms with Crippen LogP contribution in [0.1, 0.15) is 38.3 Å². The van der Waals surface area contributed by atoms with E-state index in [0.717, 1.165) is 16.7 Å². The number of carboxylic acids is 1. The van der Waals surface area contributed by atoms with E-state index in [4.69, 9.17) is 5.11 Å². The van der Waals surface area contributed by atoms with Gasteiger partial charge in [-0.2, -0.15) is 0 Å². The van der Waals surface area contributed by atoms with E-state index in [-0.39, 0.29) is 11.3 Å². The van der Waals surface area contributed by atoms with Gasteiger partial charge in [0.1, 0.15) is 0 Å². The topological polar surface area (TPSA) is 54.4 Å². The third-order valence-electron chi connectivity index (χ3n) is 3.22. The molecule has 3 nitrogen and oxygen atoms in total. The maximum absolute atomic E-state index is 12.0. The van der Waals surface area contributed by atoms with Crippen molar-refractivity contribution in [3.63, 3.8) is 0 Å². The van der Waals surface area contributed by atoms with Crippen LogP contribution in [0.4, 0.5) is 0 Å². The second-order valence-electron chi connectivity index (χ2n) is 4.79. The molecule has 0 aliphatic rings. The highest BCUT2D eigenvalue weighted by Crippen LogP contribution is 2.11. The average molecular weight is 268 g/mol. The van der Waals surface area contributed by atoms with Gasteiger partial charge < -0.3 is 5.11 Å². The molecular formula is C17H16O3. The molecule has 0 aliphatic heterocycles. The van der Waals surface area contributed by atoms with Crippen molar-refractivity contribution >= 4 is 11.8 Å². The van der Waals surface area contributed by atoms with Crippen molar-refractivity contribution in [1.29, 1.82) is 0 Å². The monoisotopic (exact) mass is 268 g/mol. The van der Waals surface area contributed by atoms with E-state index in [9.17, 15) is 9.59 Å². The van der Waals surface area contributed by atoms with Crippen LogP contribution in [0.25, 0.3) is 0 Å². The second-order valence-corrected chi connectivity index (χ2v) is 4.79. The molecule has 0 saturated heterocycles. The van der Waals surface area contributed by atoms with E-state index < -0.39 is 5.97 Å². The fraction of sp³-hybridized carbons (Fsp3) is 0.176. The van der Waals surface area contributed by atoms with Crippen molar-refractivity contribution in [1.82, 2.24) is 0 Å². The van der Waals surface area contributed by atoms with Gasteiger partial charge in [0, 0.05) is 12.0 Å². The van der Waals surface area contributed by atoms with E-state index in [2.05, 4.69) is 0 Å². The third-order valence-corrected chi connectivity index (χ3v) is 3.22. The zero-order valence-electron chi connectivity index (χ0n) is 11.3. The number of ketones is 1. The highest BCUT2D eigenvalue weighted by atomic mass is 16.4. The maximum Gasteiger partial charge on any atom is 0.335 e. The highest BCUT2D eigenvalue weighted by molar-refractivity contribution is 5.96. The summed E-state index contributed by atoms with van der Waals surface area (Å²) >= 11 is 0. The van der Waals surface area contributed by atoms with Crippen molar-refractivity contribution < 1.29 is 14.7 Å². The zero-order chi connectivity index (χ0) is 14.5. The molecule has 0 bridgehead atoms. The lowest BCUT2D eigenvalue weighted by atomic mass is 10.0. The Morgan fingerprint density at radius 1 is 0.900 bits per heavy atom. The smallest absolute Gasteiger partial charge is 0.335 e. The fourth-order valence-corrected chi connectivity index (χ4v) is 1.96. The normalized spacial score (nSPS) is 10.2. The predicted molar refractivity (Wildman–Crippen MR) is 77.2 cm³/mol. The van der Waals surface area contributed by atoms with E-state index in [1.54, 1.807) is 24.3 Å². The summed E-state index contributed by atoms with van der Waals surface area (Å²) in [7, 11) is 0. The number of aromatic carboxylic acids is 1. The first kappa shape index (κ1) is 14.0. The molecule has 0 amide bonds.